The summed E-state index contributed by atoms with van der Waals surface area (Å²) in [5, 5.41) is 15.5. The van der Waals surface area contributed by atoms with Crippen LogP contribution in [-0.2, 0) is 6.42 Å². The van der Waals surface area contributed by atoms with E-state index in [1.54, 1.807) is 6.07 Å². The van der Waals surface area contributed by atoms with Crippen LogP contribution in [0.15, 0.2) is 18.2 Å². The lowest BCUT2D eigenvalue weighted by Crippen LogP contribution is -2.13. The van der Waals surface area contributed by atoms with E-state index < -0.39 is 0 Å². The quantitative estimate of drug-likeness (QED) is 0.493. The number of aromatic nitrogens is 5. The highest BCUT2D eigenvalue weighted by atomic mass is 35.5. The molecule has 3 aromatic rings. The zero-order chi connectivity index (χ0) is 12.7. The van der Waals surface area contributed by atoms with Crippen molar-refractivity contribution in [2.45, 2.75) is 6.42 Å². The van der Waals surface area contributed by atoms with Crippen LogP contribution in [0.5, 0.6) is 0 Å². The highest BCUT2D eigenvalue weighted by Gasteiger charge is 2.10. The van der Waals surface area contributed by atoms with Gasteiger partial charge in [0.05, 0.1) is 17.6 Å². The third-order valence-corrected chi connectivity index (χ3v) is 3.23. The zero-order valence-corrected chi connectivity index (χ0v) is 10.7. The van der Waals surface area contributed by atoms with Crippen LogP contribution in [-0.4, -0.2) is 25.1 Å². The average Bonchev–Trinajstić information content (AvgIpc) is 2.88. The number of hydrogen-bond donors (Lipinski definition) is 3. The standard InChI is InChI=1S/C10H9ClN6S/c11-5-1-2-7-6(3-5)8(14-13-7)4-9-15-16-10(18)17(9)12/h1-3H,4,12H2,(H,13,14)(H,16,18). The number of benzene rings is 1. The van der Waals surface area contributed by atoms with Crippen LogP contribution in [0.3, 0.4) is 0 Å². The van der Waals surface area contributed by atoms with Crippen molar-refractivity contribution in [3.8, 4) is 0 Å². The first-order chi connectivity index (χ1) is 8.65. The smallest absolute Gasteiger partial charge is 0.214 e. The summed E-state index contributed by atoms with van der Waals surface area (Å²) >= 11 is 10.9. The number of nitrogen functional groups attached to an aromatic ring is 1. The number of nitrogens with two attached hydrogens (primary N) is 1. The zero-order valence-electron chi connectivity index (χ0n) is 9.14. The predicted molar refractivity (Wildman–Crippen MR) is 71.5 cm³/mol. The Morgan fingerprint density at radius 3 is 2.89 bits per heavy atom. The SMILES string of the molecule is Nn1c(Cc2[nH]nc3ccc(Cl)cc23)n[nH]c1=S. The van der Waals surface area contributed by atoms with E-state index in [0.717, 1.165) is 16.6 Å². The molecular formula is C10H9ClN6S. The summed E-state index contributed by atoms with van der Waals surface area (Å²) in [6.45, 7) is 0. The molecule has 0 saturated heterocycles. The molecule has 0 atom stereocenters. The van der Waals surface area contributed by atoms with Crippen molar-refractivity contribution in [1.82, 2.24) is 25.1 Å². The first-order valence-electron chi connectivity index (χ1n) is 5.19. The molecule has 6 nitrogen and oxygen atoms in total. The molecule has 92 valence electrons. The van der Waals surface area contributed by atoms with Crippen LogP contribution in [0, 0.1) is 4.77 Å². The lowest BCUT2D eigenvalue weighted by atomic mass is 10.1. The second-order valence-corrected chi connectivity index (χ2v) is 4.68. The van der Waals surface area contributed by atoms with Gasteiger partial charge < -0.3 is 5.84 Å². The van der Waals surface area contributed by atoms with Gasteiger partial charge in [-0.25, -0.2) is 4.68 Å². The summed E-state index contributed by atoms with van der Waals surface area (Å²) in [5.41, 5.74) is 1.75. The molecule has 18 heavy (non-hydrogen) atoms. The normalized spacial score (nSPS) is 11.2. The lowest BCUT2D eigenvalue weighted by Gasteiger charge is -1.99. The van der Waals surface area contributed by atoms with E-state index in [0.29, 0.717) is 22.0 Å². The fourth-order valence-corrected chi connectivity index (χ4v) is 2.11. The molecule has 0 fully saturated rings. The Labute approximate surface area is 112 Å². The number of rotatable bonds is 2. The minimum atomic E-state index is 0.381. The van der Waals surface area contributed by atoms with Gasteiger partial charge in [0, 0.05) is 10.4 Å². The van der Waals surface area contributed by atoms with Crippen molar-refractivity contribution >= 4 is 34.7 Å². The Morgan fingerprint density at radius 2 is 2.17 bits per heavy atom. The summed E-state index contributed by atoms with van der Waals surface area (Å²) in [6, 6.07) is 5.52. The summed E-state index contributed by atoms with van der Waals surface area (Å²) in [7, 11) is 0. The van der Waals surface area contributed by atoms with E-state index in [2.05, 4.69) is 20.4 Å². The van der Waals surface area contributed by atoms with E-state index >= 15 is 0 Å². The van der Waals surface area contributed by atoms with Gasteiger partial charge in [-0.15, -0.1) is 0 Å². The van der Waals surface area contributed by atoms with Gasteiger partial charge in [0.2, 0.25) is 4.77 Å². The van der Waals surface area contributed by atoms with Crippen molar-refractivity contribution < 1.29 is 0 Å². The van der Waals surface area contributed by atoms with E-state index in [-0.39, 0.29) is 0 Å². The van der Waals surface area contributed by atoms with Gasteiger partial charge in [0.1, 0.15) is 0 Å². The van der Waals surface area contributed by atoms with Crippen molar-refractivity contribution in [1.29, 1.82) is 0 Å². The maximum absolute atomic E-state index is 5.98. The Kier molecular flexibility index (Phi) is 2.57. The molecule has 0 aliphatic heterocycles. The van der Waals surface area contributed by atoms with Crippen LogP contribution in [0.25, 0.3) is 10.9 Å². The molecule has 0 amide bonds. The first kappa shape index (κ1) is 11.2. The summed E-state index contributed by atoms with van der Waals surface area (Å²) in [6.07, 6.45) is 0.500. The highest BCUT2D eigenvalue weighted by molar-refractivity contribution is 7.71. The molecule has 0 saturated carbocycles. The third-order valence-electron chi connectivity index (χ3n) is 2.71. The van der Waals surface area contributed by atoms with Gasteiger partial charge in [-0.2, -0.15) is 10.2 Å². The van der Waals surface area contributed by atoms with Gasteiger partial charge in [-0.1, -0.05) is 11.6 Å². The summed E-state index contributed by atoms with van der Waals surface area (Å²) in [5.74, 6) is 6.38. The fourth-order valence-electron chi connectivity index (χ4n) is 1.79. The van der Waals surface area contributed by atoms with E-state index in [1.165, 1.54) is 4.68 Å². The predicted octanol–water partition coefficient (Wildman–Crippen LogP) is 1.77. The number of halogens is 1. The second-order valence-electron chi connectivity index (χ2n) is 3.86. The van der Waals surface area contributed by atoms with Crippen molar-refractivity contribution in [3.63, 3.8) is 0 Å². The number of hydrogen-bond acceptors (Lipinski definition) is 4. The van der Waals surface area contributed by atoms with Crippen LogP contribution >= 0.6 is 23.8 Å². The Hall–Kier alpha value is -1.86. The fraction of sp³-hybridized carbons (Fsp3) is 0.100. The van der Waals surface area contributed by atoms with Gasteiger partial charge in [0.25, 0.3) is 0 Å². The molecule has 2 aromatic heterocycles. The molecule has 0 spiro atoms. The molecule has 3 rings (SSSR count). The Morgan fingerprint density at radius 1 is 1.33 bits per heavy atom. The molecule has 0 unspecified atom stereocenters. The average molecular weight is 281 g/mol. The van der Waals surface area contributed by atoms with Gasteiger partial charge in [-0.05, 0) is 30.4 Å². The molecule has 0 aliphatic carbocycles. The monoisotopic (exact) mass is 280 g/mol. The molecule has 0 aliphatic rings. The summed E-state index contributed by atoms with van der Waals surface area (Å²) < 4.78 is 1.72. The number of nitrogens with one attached hydrogen (secondary N) is 2. The minimum Gasteiger partial charge on any atom is -0.335 e. The van der Waals surface area contributed by atoms with Crippen LogP contribution < -0.4 is 5.84 Å². The van der Waals surface area contributed by atoms with E-state index in [4.69, 9.17) is 29.7 Å². The van der Waals surface area contributed by atoms with Gasteiger partial charge in [0.15, 0.2) is 5.82 Å². The van der Waals surface area contributed by atoms with Crippen molar-refractivity contribution in [3.05, 3.63) is 39.5 Å². The molecular weight excluding hydrogens is 272 g/mol. The minimum absolute atomic E-state index is 0.381. The molecule has 8 heteroatoms. The maximum Gasteiger partial charge on any atom is 0.214 e. The largest absolute Gasteiger partial charge is 0.335 e. The van der Waals surface area contributed by atoms with Gasteiger partial charge >= 0.3 is 0 Å². The molecule has 2 heterocycles. The van der Waals surface area contributed by atoms with Gasteiger partial charge in [-0.3, -0.25) is 10.2 Å². The highest BCUT2D eigenvalue weighted by Crippen LogP contribution is 2.21. The van der Waals surface area contributed by atoms with Crippen LogP contribution in [0.2, 0.25) is 5.02 Å². The number of fused-ring (bicyclic) bond motifs is 1. The van der Waals surface area contributed by atoms with Crippen LogP contribution in [0.1, 0.15) is 11.5 Å². The van der Waals surface area contributed by atoms with Crippen molar-refractivity contribution in [2.24, 2.45) is 0 Å². The second kappa shape index (κ2) is 4.11. The lowest BCUT2D eigenvalue weighted by molar-refractivity contribution is 0.849. The Bertz CT molecular complexity index is 770. The number of H-pyrrole nitrogens is 2. The number of nitrogens with zero attached hydrogens (tertiary/aromatic N) is 3. The first-order valence-corrected chi connectivity index (χ1v) is 5.97. The molecule has 1 aromatic carbocycles. The molecule has 0 radical (unpaired) electrons. The molecule has 0 bridgehead atoms. The topological polar surface area (TPSA) is 88.3 Å². The van der Waals surface area contributed by atoms with E-state index in [1.807, 2.05) is 12.1 Å². The third kappa shape index (κ3) is 1.77. The van der Waals surface area contributed by atoms with Crippen molar-refractivity contribution in [2.75, 3.05) is 5.84 Å². The molecule has 4 N–H and O–H groups in total. The van der Waals surface area contributed by atoms with Crippen LogP contribution in [0.4, 0.5) is 0 Å². The van der Waals surface area contributed by atoms with E-state index in [9.17, 15) is 0 Å². The number of aromatic amines is 2. The Balaban J connectivity index is 2.07. The summed E-state index contributed by atoms with van der Waals surface area (Å²) in [4.78, 5) is 0. The maximum atomic E-state index is 5.98.